The van der Waals surface area contributed by atoms with Crippen molar-refractivity contribution in [3.63, 3.8) is 0 Å². The minimum absolute atomic E-state index is 0.129. The van der Waals surface area contributed by atoms with Crippen molar-refractivity contribution in [2.45, 2.75) is 25.7 Å². The number of carbonyl (C=O) groups excluding carboxylic acids is 1. The Balaban J connectivity index is 1.78. The third-order valence-electron chi connectivity index (χ3n) is 4.29. The molecule has 1 aliphatic heterocycles. The van der Waals surface area contributed by atoms with Crippen LogP contribution in [0, 0.1) is 5.92 Å². The van der Waals surface area contributed by atoms with E-state index in [4.69, 9.17) is 16.3 Å². The molecule has 0 radical (unpaired) electrons. The predicted molar refractivity (Wildman–Crippen MR) is 85.1 cm³/mol. The molecular formula is C16H21ClN2O2. The molecule has 0 bridgehead atoms. The number of ether oxygens (including phenoxy) is 1. The molecule has 3 rings (SSSR count). The molecule has 1 N–H and O–H groups in total. The van der Waals surface area contributed by atoms with E-state index < -0.39 is 0 Å². The maximum absolute atomic E-state index is 12.4. The monoisotopic (exact) mass is 308 g/mol. The van der Waals surface area contributed by atoms with Crippen molar-refractivity contribution in [3.05, 3.63) is 23.2 Å². The Hall–Kier alpha value is -1.26. The first-order chi connectivity index (χ1) is 10.2. The van der Waals surface area contributed by atoms with Crippen molar-refractivity contribution in [3.8, 4) is 0 Å². The fraction of sp³-hybridized carbons (Fsp3) is 0.562. The summed E-state index contributed by atoms with van der Waals surface area (Å²) in [6.07, 6.45) is 4.31. The van der Waals surface area contributed by atoms with Crippen molar-refractivity contribution < 1.29 is 9.53 Å². The normalized spacial score (nSPS) is 19.8. The summed E-state index contributed by atoms with van der Waals surface area (Å²) in [5.41, 5.74) is 1.86. The van der Waals surface area contributed by atoms with E-state index in [2.05, 4.69) is 10.2 Å². The lowest BCUT2D eigenvalue weighted by Gasteiger charge is -2.30. The summed E-state index contributed by atoms with van der Waals surface area (Å²) in [6, 6.07) is 5.70. The first kappa shape index (κ1) is 14.7. The van der Waals surface area contributed by atoms with E-state index >= 15 is 0 Å². The van der Waals surface area contributed by atoms with Crippen LogP contribution in [0.1, 0.15) is 25.7 Å². The maximum atomic E-state index is 12.4. The Labute approximate surface area is 130 Å². The smallest absolute Gasteiger partial charge is 0.227 e. The number of morpholine rings is 1. The van der Waals surface area contributed by atoms with Crippen LogP contribution in [0.15, 0.2) is 18.2 Å². The highest BCUT2D eigenvalue weighted by Gasteiger charge is 2.24. The van der Waals surface area contributed by atoms with Gasteiger partial charge in [0.05, 0.1) is 24.6 Å². The first-order valence-electron chi connectivity index (χ1n) is 7.67. The fourth-order valence-electron chi connectivity index (χ4n) is 3.11. The molecule has 1 aromatic rings. The predicted octanol–water partition coefficient (Wildman–Crippen LogP) is 3.31. The van der Waals surface area contributed by atoms with E-state index in [0.717, 1.165) is 63.4 Å². The largest absolute Gasteiger partial charge is 0.378 e. The van der Waals surface area contributed by atoms with Gasteiger partial charge in [0.15, 0.2) is 0 Å². The molecule has 114 valence electrons. The SMILES string of the molecule is O=C(Nc1cc(Cl)ccc1N1CCOCC1)C1CCCC1. The van der Waals surface area contributed by atoms with Crippen LogP contribution in [0.5, 0.6) is 0 Å². The van der Waals surface area contributed by atoms with Gasteiger partial charge in [0.2, 0.25) is 5.91 Å². The van der Waals surface area contributed by atoms with Crippen LogP contribution >= 0.6 is 11.6 Å². The highest BCUT2D eigenvalue weighted by molar-refractivity contribution is 6.31. The molecule has 5 heteroatoms. The van der Waals surface area contributed by atoms with Gasteiger partial charge in [-0.25, -0.2) is 0 Å². The molecule has 0 unspecified atom stereocenters. The Morgan fingerprint density at radius 2 is 1.95 bits per heavy atom. The van der Waals surface area contributed by atoms with Gasteiger partial charge in [0, 0.05) is 24.0 Å². The van der Waals surface area contributed by atoms with Gasteiger partial charge < -0.3 is 15.0 Å². The minimum atomic E-state index is 0.129. The molecule has 1 saturated carbocycles. The van der Waals surface area contributed by atoms with Crippen LogP contribution < -0.4 is 10.2 Å². The number of carbonyl (C=O) groups is 1. The number of hydrogen-bond acceptors (Lipinski definition) is 3. The average molecular weight is 309 g/mol. The van der Waals surface area contributed by atoms with Crippen LogP contribution in [-0.2, 0) is 9.53 Å². The standard InChI is InChI=1S/C16H21ClN2O2/c17-13-5-6-15(19-7-9-21-10-8-19)14(11-13)18-16(20)12-3-1-2-4-12/h5-6,11-12H,1-4,7-10H2,(H,18,20). The zero-order valence-corrected chi connectivity index (χ0v) is 12.9. The Kier molecular flexibility index (Phi) is 4.66. The molecule has 0 atom stereocenters. The van der Waals surface area contributed by atoms with E-state index in [1.165, 1.54) is 0 Å². The summed E-state index contributed by atoms with van der Waals surface area (Å²) >= 11 is 6.10. The summed E-state index contributed by atoms with van der Waals surface area (Å²) in [6.45, 7) is 3.12. The lowest BCUT2D eigenvalue weighted by Crippen LogP contribution is -2.37. The van der Waals surface area contributed by atoms with E-state index in [1.807, 2.05) is 18.2 Å². The number of halogens is 1. The molecule has 1 aliphatic carbocycles. The van der Waals surface area contributed by atoms with Crippen LogP contribution in [0.3, 0.4) is 0 Å². The summed E-state index contributed by atoms with van der Waals surface area (Å²) in [7, 11) is 0. The molecule has 2 fully saturated rings. The lowest BCUT2D eigenvalue weighted by molar-refractivity contribution is -0.119. The third-order valence-corrected chi connectivity index (χ3v) is 4.53. The average Bonchev–Trinajstić information content (AvgIpc) is 3.03. The second-order valence-corrected chi connectivity index (χ2v) is 6.17. The van der Waals surface area contributed by atoms with Crippen molar-refractivity contribution >= 4 is 28.9 Å². The molecule has 4 nitrogen and oxygen atoms in total. The highest BCUT2D eigenvalue weighted by Crippen LogP contribution is 2.32. The molecular weight excluding hydrogens is 288 g/mol. The Morgan fingerprint density at radius 3 is 2.67 bits per heavy atom. The van der Waals surface area contributed by atoms with Gasteiger partial charge in [-0.1, -0.05) is 24.4 Å². The number of benzene rings is 1. The molecule has 1 aromatic carbocycles. The van der Waals surface area contributed by atoms with Gasteiger partial charge in [-0.3, -0.25) is 4.79 Å². The minimum Gasteiger partial charge on any atom is -0.378 e. The highest BCUT2D eigenvalue weighted by atomic mass is 35.5. The van der Waals surface area contributed by atoms with Gasteiger partial charge in [-0.15, -0.1) is 0 Å². The fourth-order valence-corrected chi connectivity index (χ4v) is 3.28. The summed E-state index contributed by atoms with van der Waals surface area (Å²) in [5.74, 6) is 0.283. The van der Waals surface area contributed by atoms with E-state index in [1.54, 1.807) is 0 Å². The third kappa shape index (κ3) is 3.50. The molecule has 21 heavy (non-hydrogen) atoms. The quantitative estimate of drug-likeness (QED) is 0.931. The van der Waals surface area contributed by atoms with Crippen LogP contribution in [0.4, 0.5) is 11.4 Å². The Bertz CT molecular complexity index is 509. The number of nitrogens with zero attached hydrogens (tertiary/aromatic N) is 1. The number of rotatable bonds is 3. The van der Waals surface area contributed by atoms with Crippen molar-refractivity contribution in [1.29, 1.82) is 0 Å². The zero-order valence-electron chi connectivity index (χ0n) is 12.1. The first-order valence-corrected chi connectivity index (χ1v) is 8.05. The molecule has 2 aliphatic rings. The van der Waals surface area contributed by atoms with Gasteiger partial charge in [0.1, 0.15) is 0 Å². The molecule has 1 amide bonds. The van der Waals surface area contributed by atoms with Gasteiger partial charge in [0.25, 0.3) is 0 Å². The van der Waals surface area contributed by atoms with Crippen LogP contribution in [-0.4, -0.2) is 32.2 Å². The van der Waals surface area contributed by atoms with Gasteiger partial charge in [-0.05, 0) is 31.0 Å². The van der Waals surface area contributed by atoms with Gasteiger partial charge >= 0.3 is 0 Å². The van der Waals surface area contributed by atoms with E-state index in [-0.39, 0.29) is 11.8 Å². The number of hydrogen-bond donors (Lipinski definition) is 1. The van der Waals surface area contributed by atoms with Crippen LogP contribution in [0.25, 0.3) is 0 Å². The second-order valence-electron chi connectivity index (χ2n) is 5.73. The van der Waals surface area contributed by atoms with E-state index in [0.29, 0.717) is 5.02 Å². The van der Waals surface area contributed by atoms with Crippen LogP contribution in [0.2, 0.25) is 5.02 Å². The molecule has 0 spiro atoms. The topological polar surface area (TPSA) is 41.6 Å². The number of amides is 1. The number of nitrogens with one attached hydrogen (secondary N) is 1. The summed E-state index contributed by atoms with van der Waals surface area (Å²) in [4.78, 5) is 14.6. The number of anilines is 2. The molecule has 1 heterocycles. The Morgan fingerprint density at radius 1 is 1.24 bits per heavy atom. The van der Waals surface area contributed by atoms with Crippen molar-refractivity contribution in [2.24, 2.45) is 5.92 Å². The lowest BCUT2D eigenvalue weighted by atomic mass is 10.1. The molecule has 1 saturated heterocycles. The zero-order chi connectivity index (χ0) is 14.7. The van der Waals surface area contributed by atoms with E-state index in [9.17, 15) is 4.79 Å². The van der Waals surface area contributed by atoms with Gasteiger partial charge in [-0.2, -0.15) is 0 Å². The molecule has 0 aromatic heterocycles. The van der Waals surface area contributed by atoms with Crippen molar-refractivity contribution in [1.82, 2.24) is 0 Å². The summed E-state index contributed by atoms with van der Waals surface area (Å²) in [5, 5.41) is 3.73. The second kappa shape index (κ2) is 6.67. The summed E-state index contributed by atoms with van der Waals surface area (Å²) < 4.78 is 5.39. The maximum Gasteiger partial charge on any atom is 0.227 e. The van der Waals surface area contributed by atoms with Crippen molar-refractivity contribution in [2.75, 3.05) is 36.5 Å².